The zero-order valence-corrected chi connectivity index (χ0v) is 11.9. The van der Waals surface area contributed by atoms with E-state index in [1.165, 1.54) is 7.11 Å². The fraction of sp³-hybridized carbons (Fsp3) is 0.400. The maximum Gasteiger partial charge on any atom is 0.319 e. The first kappa shape index (κ1) is 15.2. The Kier molecular flexibility index (Phi) is 5.05. The normalized spacial score (nSPS) is 18.2. The number of esters is 1. The predicted octanol–water partition coefficient (Wildman–Crippen LogP) is 0.580. The van der Waals surface area contributed by atoms with E-state index in [-0.39, 0.29) is 18.4 Å². The van der Waals surface area contributed by atoms with E-state index >= 15 is 0 Å². The zero-order valence-electron chi connectivity index (χ0n) is 11.9. The second-order valence-electron chi connectivity index (χ2n) is 4.89. The lowest BCUT2D eigenvalue weighted by molar-refractivity contribution is -0.142. The highest BCUT2D eigenvalue weighted by Gasteiger charge is 2.32. The lowest BCUT2D eigenvalue weighted by Crippen LogP contribution is -2.47. The van der Waals surface area contributed by atoms with Crippen LogP contribution in [-0.2, 0) is 14.3 Å². The van der Waals surface area contributed by atoms with Crippen LogP contribution >= 0.6 is 0 Å². The van der Waals surface area contributed by atoms with Gasteiger partial charge in [-0.2, -0.15) is 0 Å². The molecule has 0 unspecified atom stereocenters. The molecule has 1 saturated heterocycles. The highest BCUT2D eigenvalue weighted by atomic mass is 16.5. The highest BCUT2D eigenvalue weighted by molar-refractivity contribution is 6.06. The quantitative estimate of drug-likeness (QED) is 0.648. The van der Waals surface area contributed by atoms with Gasteiger partial charge < -0.3 is 4.74 Å². The molecule has 1 aliphatic rings. The summed E-state index contributed by atoms with van der Waals surface area (Å²) in [6.45, 7) is 0.709. The number of rotatable bonds is 4. The van der Waals surface area contributed by atoms with Gasteiger partial charge in [-0.05, 0) is 31.5 Å². The second kappa shape index (κ2) is 6.99. The van der Waals surface area contributed by atoms with Crippen molar-refractivity contribution < 1.29 is 19.1 Å². The number of methoxy groups -OCH3 is 1. The molecule has 1 atom stereocenters. The number of carbonyl (C=O) groups is 3. The topological polar surface area (TPSA) is 75.7 Å². The maximum absolute atomic E-state index is 12.2. The molecular formula is C15H18N2O4. The molecule has 2 rings (SSSR count). The van der Waals surface area contributed by atoms with Crippen molar-refractivity contribution in [3.8, 4) is 0 Å². The molecule has 6 nitrogen and oxygen atoms in total. The van der Waals surface area contributed by atoms with Gasteiger partial charge in [-0.1, -0.05) is 18.2 Å². The Morgan fingerprint density at radius 3 is 2.67 bits per heavy atom. The lowest BCUT2D eigenvalue weighted by Gasteiger charge is -2.21. The molecule has 0 aliphatic carbocycles. The smallest absolute Gasteiger partial charge is 0.319 e. The first-order valence-electron chi connectivity index (χ1n) is 6.83. The first-order chi connectivity index (χ1) is 10.1. The van der Waals surface area contributed by atoms with E-state index in [2.05, 4.69) is 10.1 Å². The average molecular weight is 290 g/mol. The summed E-state index contributed by atoms with van der Waals surface area (Å²) < 4.78 is 4.61. The largest absolute Gasteiger partial charge is 0.468 e. The number of nitrogens with one attached hydrogen (secondary N) is 1. The zero-order chi connectivity index (χ0) is 15.2. The van der Waals surface area contributed by atoms with Crippen molar-refractivity contribution in [2.24, 2.45) is 0 Å². The number of hydrogen-bond acceptors (Lipinski definition) is 5. The van der Waals surface area contributed by atoms with Crippen molar-refractivity contribution in [2.75, 3.05) is 20.2 Å². The van der Waals surface area contributed by atoms with E-state index in [1.807, 2.05) is 0 Å². The van der Waals surface area contributed by atoms with Crippen LogP contribution < -0.4 is 5.32 Å². The molecule has 1 heterocycles. The minimum absolute atomic E-state index is 0.0636. The number of nitrogens with zero attached hydrogens (tertiary/aromatic N) is 1. The molecule has 0 spiro atoms. The Morgan fingerprint density at radius 2 is 2.00 bits per heavy atom. The highest BCUT2D eigenvalue weighted by Crippen LogP contribution is 2.17. The Morgan fingerprint density at radius 1 is 1.29 bits per heavy atom. The van der Waals surface area contributed by atoms with Crippen molar-refractivity contribution in [1.29, 1.82) is 0 Å². The van der Waals surface area contributed by atoms with Crippen molar-refractivity contribution in [3.63, 3.8) is 0 Å². The molecule has 112 valence electrons. The van der Waals surface area contributed by atoms with E-state index in [1.54, 1.807) is 35.2 Å². The summed E-state index contributed by atoms with van der Waals surface area (Å²) in [5.74, 6) is -1.18. The van der Waals surface area contributed by atoms with Gasteiger partial charge >= 0.3 is 5.97 Å². The number of likely N-dealkylation sites (tertiary alicyclic amines) is 1. The fourth-order valence-electron chi connectivity index (χ4n) is 2.40. The summed E-state index contributed by atoms with van der Waals surface area (Å²) >= 11 is 0. The fourth-order valence-corrected chi connectivity index (χ4v) is 2.40. The van der Waals surface area contributed by atoms with Gasteiger partial charge in [0.25, 0.3) is 5.91 Å². The summed E-state index contributed by atoms with van der Waals surface area (Å²) in [6, 6.07) is 8.09. The Labute approximate surface area is 123 Å². The molecule has 21 heavy (non-hydrogen) atoms. The summed E-state index contributed by atoms with van der Waals surface area (Å²) in [7, 11) is 1.31. The van der Waals surface area contributed by atoms with E-state index in [4.69, 9.17) is 0 Å². The number of hydrogen-bond donors (Lipinski definition) is 1. The van der Waals surface area contributed by atoms with Crippen LogP contribution in [-0.4, -0.2) is 48.9 Å². The molecule has 1 aromatic rings. The average Bonchev–Trinajstić information content (AvgIpc) is 2.96. The molecular weight excluding hydrogens is 272 g/mol. The van der Waals surface area contributed by atoms with E-state index in [9.17, 15) is 14.4 Å². The third-order valence-electron chi connectivity index (χ3n) is 3.50. The Hall–Kier alpha value is -2.21. The summed E-state index contributed by atoms with van der Waals surface area (Å²) in [4.78, 5) is 37.2. The molecule has 1 N–H and O–H groups in total. The van der Waals surface area contributed by atoms with Gasteiger partial charge in [0.05, 0.1) is 19.7 Å². The van der Waals surface area contributed by atoms with Crippen molar-refractivity contribution in [2.45, 2.75) is 18.9 Å². The monoisotopic (exact) mass is 290 g/mol. The van der Waals surface area contributed by atoms with Crippen LogP contribution in [0.5, 0.6) is 0 Å². The van der Waals surface area contributed by atoms with Gasteiger partial charge in [0, 0.05) is 5.56 Å². The van der Waals surface area contributed by atoms with Crippen LogP contribution in [0.4, 0.5) is 0 Å². The van der Waals surface area contributed by atoms with Gasteiger partial charge in [-0.15, -0.1) is 0 Å². The molecule has 6 heteroatoms. The van der Waals surface area contributed by atoms with Crippen LogP contribution in [0.25, 0.3) is 0 Å². The third-order valence-corrected chi connectivity index (χ3v) is 3.50. The van der Waals surface area contributed by atoms with E-state index < -0.39 is 11.9 Å². The molecule has 0 aromatic heterocycles. The van der Waals surface area contributed by atoms with Crippen molar-refractivity contribution in [1.82, 2.24) is 10.2 Å². The van der Waals surface area contributed by atoms with E-state index in [0.29, 0.717) is 18.5 Å². The van der Waals surface area contributed by atoms with Crippen LogP contribution in [0.15, 0.2) is 30.3 Å². The van der Waals surface area contributed by atoms with Crippen LogP contribution in [0.3, 0.4) is 0 Å². The standard InChI is InChI=1S/C15H18N2O4/c1-21-13(18)10-17-9-5-8-12(17)15(20)16-14(19)11-6-3-2-4-7-11/h2-4,6-7,12H,5,8-10H2,1H3,(H,16,19,20)/t12-/m0/s1. The van der Waals surface area contributed by atoms with Gasteiger partial charge in [-0.25, -0.2) is 0 Å². The molecule has 1 aromatic carbocycles. The number of amides is 2. The summed E-state index contributed by atoms with van der Waals surface area (Å²) in [6.07, 6.45) is 1.44. The predicted molar refractivity (Wildman–Crippen MR) is 75.5 cm³/mol. The van der Waals surface area contributed by atoms with Crippen molar-refractivity contribution in [3.05, 3.63) is 35.9 Å². The second-order valence-corrected chi connectivity index (χ2v) is 4.89. The lowest BCUT2D eigenvalue weighted by atomic mass is 10.1. The molecule has 0 radical (unpaired) electrons. The third kappa shape index (κ3) is 3.88. The SMILES string of the molecule is COC(=O)CN1CCC[C@H]1C(=O)NC(=O)c1ccccc1. The number of ether oxygens (including phenoxy) is 1. The van der Waals surface area contributed by atoms with Gasteiger partial charge in [0.1, 0.15) is 0 Å². The molecule has 1 fully saturated rings. The minimum Gasteiger partial charge on any atom is -0.468 e. The Bertz CT molecular complexity index is 530. The summed E-state index contributed by atoms with van der Waals surface area (Å²) in [5, 5.41) is 2.39. The number of carbonyl (C=O) groups excluding carboxylic acids is 3. The van der Waals surface area contributed by atoms with Gasteiger partial charge in [0.15, 0.2) is 0 Å². The first-order valence-corrected chi connectivity index (χ1v) is 6.83. The molecule has 2 amide bonds. The molecule has 1 aliphatic heterocycles. The van der Waals surface area contributed by atoms with Crippen LogP contribution in [0.2, 0.25) is 0 Å². The molecule has 0 saturated carbocycles. The number of benzene rings is 1. The van der Waals surface area contributed by atoms with Gasteiger partial charge in [-0.3, -0.25) is 24.6 Å². The summed E-state index contributed by atoms with van der Waals surface area (Å²) in [5.41, 5.74) is 0.434. The number of imide groups is 1. The maximum atomic E-state index is 12.2. The van der Waals surface area contributed by atoms with Crippen molar-refractivity contribution >= 4 is 17.8 Å². The minimum atomic E-state index is -0.461. The van der Waals surface area contributed by atoms with Crippen LogP contribution in [0, 0.1) is 0 Å². The Balaban J connectivity index is 1.96. The molecule has 0 bridgehead atoms. The van der Waals surface area contributed by atoms with E-state index in [0.717, 1.165) is 6.42 Å². The van der Waals surface area contributed by atoms with Crippen LogP contribution in [0.1, 0.15) is 23.2 Å². The van der Waals surface area contributed by atoms with Gasteiger partial charge in [0.2, 0.25) is 5.91 Å².